The summed E-state index contributed by atoms with van der Waals surface area (Å²) in [4.78, 5) is 0. The fourth-order valence-corrected chi connectivity index (χ4v) is 2.46. The lowest BCUT2D eigenvalue weighted by Crippen LogP contribution is -2.11. The van der Waals surface area contributed by atoms with E-state index in [1.54, 1.807) is 0 Å². The normalized spacial score (nSPS) is 23.3. The number of ether oxygens (including phenoxy) is 1. The van der Waals surface area contributed by atoms with E-state index in [1.807, 2.05) is 24.3 Å². The fraction of sp³-hybridized carbons (Fsp3) is 0.571. The van der Waals surface area contributed by atoms with Gasteiger partial charge in [-0.3, -0.25) is 0 Å². The molecule has 16 heavy (non-hydrogen) atoms. The van der Waals surface area contributed by atoms with E-state index in [0.717, 1.165) is 24.2 Å². The predicted molar refractivity (Wildman–Crippen MR) is 62.5 cm³/mol. The summed E-state index contributed by atoms with van der Waals surface area (Å²) >= 11 is 0. The van der Waals surface area contributed by atoms with Crippen molar-refractivity contribution in [1.29, 1.82) is 0 Å². The van der Waals surface area contributed by atoms with Crippen molar-refractivity contribution in [2.24, 2.45) is 0 Å². The molecule has 0 unspecified atom stereocenters. The minimum Gasteiger partial charge on any atom is -0.490 e. The smallest absolute Gasteiger partial charge is 0.120 e. The molecule has 0 amide bonds. The van der Waals surface area contributed by atoms with Gasteiger partial charge in [0.15, 0.2) is 0 Å². The van der Waals surface area contributed by atoms with Crippen molar-refractivity contribution in [2.45, 2.75) is 50.2 Å². The maximum Gasteiger partial charge on any atom is 0.120 e. The van der Waals surface area contributed by atoms with Crippen molar-refractivity contribution in [3.63, 3.8) is 0 Å². The van der Waals surface area contributed by atoms with Crippen LogP contribution in [-0.4, -0.2) is 11.2 Å². The maximum atomic E-state index is 10.0. The largest absolute Gasteiger partial charge is 0.490 e. The van der Waals surface area contributed by atoms with E-state index in [2.05, 4.69) is 0 Å². The first-order chi connectivity index (χ1) is 7.76. The van der Waals surface area contributed by atoms with Gasteiger partial charge in [0.25, 0.3) is 0 Å². The molecule has 2 heteroatoms. The van der Waals surface area contributed by atoms with Gasteiger partial charge in [-0.15, -0.1) is 0 Å². The van der Waals surface area contributed by atoms with Gasteiger partial charge < -0.3 is 9.84 Å². The van der Waals surface area contributed by atoms with E-state index < -0.39 is 5.60 Å². The third-order valence-corrected chi connectivity index (χ3v) is 3.70. The third kappa shape index (κ3) is 1.94. The summed E-state index contributed by atoms with van der Waals surface area (Å²) in [5, 5.41) is 10.0. The van der Waals surface area contributed by atoms with Crippen molar-refractivity contribution >= 4 is 0 Å². The van der Waals surface area contributed by atoms with Gasteiger partial charge in [0.05, 0.1) is 11.7 Å². The van der Waals surface area contributed by atoms with Gasteiger partial charge in [0, 0.05) is 0 Å². The van der Waals surface area contributed by atoms with E-state index in [4.69, 9.17) is 4.74 Å². The van der Waals surface area contributed by atoms with Crippen molar-refractivity contribution < 1.29 is 9.84 Å². The van der Waals surface area contributed by atoms with E-state index >= 15 is 0 Å². The summed E-state index contributed by atoms with van der Waals surface area (Å²) in [6.07, 6.45) is 7.09. The topological polar surface area (TPSA) is 29.5 Å². The van der Waals surface area contributed by atoms with Crippen LogP contribution in [0.1, 0.15) is 44.1 Å². The molecule has 2 saturated carbocycles. The van der Waals surface area contributed by atoms with Crippen LogP contribution >= 0.6 is 0 Å². The van der Waals surface area contributed by atoms with E-state index in [0.29, 0.717) is 6.10 Å². The Kier molecular flexibility index (Phi) is 2.40. The molecule has 0 aliphatic heterocycles. The van der Waals surface area contributed by atoms with Crippen molar-refractivity contribution in [3.05, 3.63) is 29.8 Å². The molecule has 0 radical (unpaired) electrons. The molecule has 2 aliphatic rings. The number of rotatable bonds is 3. The monoisotopic (exact) mass is 218 g/mol. The lowest BCUT2D eigenvalue weighted by atomic mass is 10.1. The Morgan fingerprint density at radius 2 is 1.94 bits per heavy atom. The van der Waals surface area contributed by atoms with Crippen LogP contribution in [0.15, 0.2) is 24.3 Å². The maximum absolute atomic E-state index is 10.0. The highest BCUT2D eigenvalue weighted by Crippen LogP contribution is 2.46. The second-order valence-corrected chi connectivity index (χ2v) is 5.08. The molecule has 0 heterocycles. The molecule has 1 N–H and O–H groups in total. The van der Waals surface area contributed by atoms with Gasteiger partial charge in [0.2, 0.25) is 0 Å². The Balaban J connectivity index is 1.74. The molecule has 0 atom stereocenters. The summed E-state index contributed by atoms with van der Waals surface area (Å²) < 4.78 is 5.93. The summed E-state index contributed by atoms with van der Waals surface area (Å²) in [6, 6.07) is 7.98. The van der Waals surface area contributed by atoms with E-state index in [9.17, 15) is 5.11 Å². The molecule has 1 aromatic rings. The van der Waals surface area contributed by atoms with Crippen LogP contribution in [0.3, 0.4) is 0 Å². The molecule has 1 aromatic carbocycles. The summed E-state index contributed by atoms with van der Waals surface area (Å²) in [5.74, 6) is 0.921. The standard InChI is InChI=1S/C14H18O2/c15-14(8-9-14)11-4-3-7-13(10-11)16-12-5-1-2-6-12/h3-4,7,10,12,15H,1-2,5-6,8-9H2. The molecule has 2 fully saturated rings. The third-order valence-electron chi connectivity index (χ3n) is 3.70. The summed E-state index contributed by atoms with van der Waals surface area (Å²) in [6.45, 7) is 0. The Hall–Kier alpha value is -1.02. The fourth-order valence-electron chi connectivity index (χ4n) is 2.46. The van der Waals surface area contributed by atoms with Gasteiger partial charge >= 0.3 is 0 Å². The average molecular weight is 218 g/mol. The Labute approximate surface area is 96.2 Å². The molecule has 86 valence electrons. The van der Waals surface area contributed by atoms with Gasteiger partial charge in [0.1, 0.15) is 5.75 Å². The zero-order valence-corrected chi connectivity index (χ0v) is 9.48. The lowest BCUT2D eigenvalue weighted by molar-refractivity contribution is 0.150. The second-order valence-electron chi connectivity index (χ2n) is 5.08. The highest BCUT2D eigenvalue weighted by atomic mass is 16.5. The lowest BCUT2D eigenvalue weighted by Gasteiger charge is -2.15. The SMILES string of the molecule is OC1(c2cccc(OC3CCCC3)c2)CC1. The zero-order valence-electron chi connectivity index (χ0n) is 9.48. The van der Waals surface area contributed by atoms with Crippen LogP contribution in [0, 0.1) is 0 Å². The number of aliphatic hydroxyl groups is 1. The molecule has 3 rings (SSSR count). The quantitative estimate of drug-likeness (QED) is 0.845. The molecule has 0 spiro atoms. The molecule has 0 aromatic heterocycles. The number of hydrogen-bond donors (Lipinski definition) is 1. The average Bonchev–Trinajstić information content (AvgIpc) is 2.85. The molecular formula is C14H18O2. The van der Waals surface area contributed by atoms with E-state index in [-0.39, 0.29) is 0 Å². The van der Waals surface area contributed by atoms with Crippen LogP contribution in [0.25, 0.3) is 0 Å². The van der Waals surface area contributed by atoms with Crippen LogP contribution < -0.4 is 4.74 Å². The molecule has 0 saturated heterocycles. The Morgan fingerprint density at radius 1 is 1.19 bits per heavy atom. The summed E-state index contributed by atoms with van der Waals surface area (Å²) in [7, 11) is 0. The number of hydrogen-bond acceptors (Lipinski definition) is 2. The van der Waals surface area contributed by atoms with Crippen molar-refractivity contribution in [1.82, 2.24) is 0 Å². The van der Waals surface area contributed by atoms with Crippen LogP contribution in [0.5, 0.6) is 5.75 Å². The van der Waals surface area contributed by atoms with E-state index in [1.165, 1.54) is 25.7 Å². The predicted octanol–water partition coefficient (Wildman–Crippen LogP) is 2.99. The second kappa shape index (κ2) is 3.77. The van der Waals surface area contributed by atoms with Gasteiger partial charge in [-0.2, -0.15) is 0 Å². The summed E-state index contributed by atoms with van der Waals surface area (Å²) in [5.41, 5.74) is 0.470. The van der Waals surface area contributed by atoms with Crippen molar-refractivity contribution in [2.75, 3.05) is 0 Å². The van der Waals surface area contributed by atoms with Crippen LogP contribution in [0.2, 0.25) is 0 Å². The van der Waals surface area contributed by atoms with Gasteiger partial charge in [-0.25, -0.2) is 0 Å². The molecular weight excluding hydrogens is 200 g/mol. The first-order valence-electron chi connectivity index (χ1n) is 6.26. The molecule has 0 bridgehead atoms. The first kappa shape index (κ1) is 10.2. The molecule has 2 nitrogen and oxygen atoms in total. The first-order valence-corrected chi connectivity index (χ1v) is 6.26. The van der Waals surface area contributed by atoms with Crippen LogP contribution in [0.4, 0.5) is 0 Å². The van der Waals surface area contributed by atoms with Crippen LogP contribution in [-0.2, 0) is 5.60 Å². The number of benzene rings is 1. The van der Waals surface area contributed by atoms with Gasteiger partial charge in [-0.1, -0.05) is 12.1 Å². The molecule has 2 aliphatic carbocycles. The minimum atomic E-state index is -0.547. The van der Waals surface area contributed by atoms with Crippen molar-refractivity contribution in [3.8, 4) is 5.75 Å². The highest BCUT2D eigenvalue weighted by molar-refractivity contribution is 5.35. The Bertz CT molecular complexity index is 376. The minimum absolute atomic E-state index is 0.393. The van der Waals surface area contributed by atoms with Gasteiger partial charge in [-0.05, 0) is 56.2 Å². The zero-order chi connectivity index (χ0) is 11.0. The Morgan fingerprint density at radius 3 is 2.62 bits per heavy atom. The highest BCUT2D eigenvalue weighted by Gasteiger charge is 2.42.